The van der Waals surface area contributed by atoms with Crippen LogP contribution in [0.2, 0.25) is 0 Å². The fourth-order valence-electron chi connectivity index (χ4n) is 3.48. The summed E-state index contributed by atoms with van der Waals surface area (Å²) in [4.78, 5) is 26.9. The largest absolute Gasteiger partial charge is 0.377 e. The third kappa shape index (κ3) is 3.37. The third-order valence-corrected chi connectivity index (χ3v) is 4.59. The Kier molecular flexibility index (Phi) is 5.58. The van der Waals surface area contributed by atoms with Crippen LogP contribution in [-0.2, 0) is 14.3 Å². The van der Waals surface area contributed by atoms with Gasteiger partial charge in [0.15, 0.2) is 0 Å². The summed E-state index contributed by atoms with van der Waals surface area (Å²) >= 11 is 0. The lowest BCUT2D eigenvalue weighted by molar-refractivity contribution is -0.157. The van der Waals surface area contributed by atoms with E-state index in [0.29, 0.717) is 19.8 Å². The van der Waals surface area contributed by atoms with Crippen LogP contribution in [0.4, 0.5) is 0 Å². The van der Waals surface area contributed by atoms with Crippen LogP contribution >= 0.6 is 0 Å². The zero-order valence-corrected chi connectivity index (χ0v) is 13.1. The topological polar surface area (TPSA) is 70.7 Å². The van der Waals surface area contributed by atoms with Gasteiger partial charge in [0, 0.05) is 20.1 Å². The monoisotopic (exact) mass is 297 g/mol. The second-order valence-corrected chi connectivity index (χ2v) is 6.01. The number of hydrogen-bond acceptors (Lipinski definition) is 4. The van der Waals surface area contributed by atoms with Crippen LogP contribution in [0.3, 0.4) is 0 Å². The number of piperidine rings is 1. The first-order chi connectivity index (χ1) is 10.1. The van der Waals surface area contributed by atoms with Gasteiger partial charge in [-0.3, -0.25) is 9.59 Å². The molecule has 0 spiro atoms. The molecule has 2 N–H and O–H groups in total. The number of hydrogen-bond donors (Lipinski definition) is 2. The molecule has 0 aromatic rings. The van der Waals surface area contributed by atoms with E-state index < -0.39 is 6.04 Å². The fourth-order valence-corrected chi connectivity index (χ4v) is 3.48. The van der Waals surface area contributed by atoms with E-state index >= 15 is 0 Å². The molecule has 2 saturated heterocycles. The number of morpholine rings is 1. The van der Waals surface area contributed by atoms with E-state index in [2.05, 4.69) is 17.6 Å². The van der Waals surface area contributed by atoms with Crippen molar-refractivity contribution in [1.82, 2.24) is 15.5 Å². The van der Waals surface area contributed by atoms with Gasteiger partial charge in [-0.1, -0.05) is 13.3 Å². The van der Waals surface area contributed by atoms with Crippen LogP contribution in [-0.4, -0.2) is 62.7 Å². The van der Waals surface area contributed by atoms with Crippen molar-refractivity contribution < 1.29 is 14.3 Å². The Balaban J connectivity index is 2.19. The Morgan fingerprint density at radius 1 is 1.48 bits per heavy atom. The van der Waals surface area contributed by atoms with Crippen molar-refractivity contribution in [1.29, 1.82) is 0 Å². The molecule has 2 rings (SSSR count). The van der Waals surface area contributed by atoms with Crippen LogP contribution in [0.1, 0.15) is 32.6 Å². The highest BCUT2D eigenvalue weighted by Gasteiger charge is 2.45. The van der Waals surface area contributed by atoms with Crippen molar-refractivity contribution in [2.24, 2.45) is 5.41 Å². The van der Waals surface area contributed by atoms with Crippen molar-refractivity contribution >= 4 is 11.8 Å². The van der Waals surface area contributed by atoms with Crippen LogP contribution < -0.4 is 10.6 Å². The quantitative estimate of drug-likeness (QED) is 0.774. The molecule has 2 atom stereocenters. The molecule has 0 bridgehead atoms. The first-order valence-corrected chi connectivity index (χ1v) is 7.96. The average Bonchev–Trinajstić information content (AvgIpc) is 2.54. The number of nitrogens with one attached hydrogen (secondary N) is 2. The predicted octanol–water partition coefficient (Wildman–Crippen LogP) is 0.130. The minimum Gasteiger partial charge on any atom is -0.377 e. The van der Waals surface area contributed by atoms with Crippen molar-refractivity contribution in [3.8, 4) is 0 Å². The number of amides is 2. The Hall–Kier alpha value is -1.14. The lowest BCUT2D eigenvalue weighted by Crippen LogP contribution is -2.61. The molecule has 2 amide bonds. The van der Waals surface area contributed by atoms with Gasteiger partial charge < -0.3 is 20.3 Å². The number of carbonyl (C=O) groups is 2. The summed E-state index contributed by atoms with van der Waals surface area (Å²) < 4.78 is 5.40. The molecule has 2 heterocycles. The maximum absolute atomic E-state index is 13.1. The first-order valence-electron chi connectivity index (χ1n) is 7.96. The van der Waals surface area contributed by atoms with Crippen LogP contribution in [0.5, 0.6) is 0 Å². The molecule has 6 heteroatoms. The summed E-state index contributed by atoms with van der Waals surface area (Å²) in [5.41, 5.74) is -0.351. The standard InChI is InChI=1S/C15H27N3O3/c1-3-5-15(6-4-7-17-11-15)14(20)18-8-9-21-10-12(18)13(19)16-2/h12,17H,3-11H2,1-2H3,(H,16,19). The molecular formula is C15H27N3O3. The summed E-state index contributed by atoms with van der Waals surface area (Å²) in [7, 11) is 1.60. The molecule has 2 unspecified atom stereocenters. The number of carbonyl (C=O) groups excluding carboxylic acids is 2. The zero-order chi connectivity index (χ0) is 15.3. The van der Waals surface area contributed by atoms with E-state index in [1.165, 1.54) is 0 Å². The molecule has 2 aliphatic heterocycles. The van der Waals surface area contributed by atoms with Gasteiger partial charge in [0.25, 0.3) is 0 Å². The van der Waals surface area contributed by atoms with Crippen LogP contribution in [0.25, 0.3) is 0 Å². The Morgan fingerprint density at radius 3 is 2.90 bits per heavy atom. The van der Waals surface area contributed by atoms with Gasteiger partial charge in [0.1, 0.15) is 6.04 Å². The maximum atomic E-state index is 13.1. The second-order valence-electron chi connectivity index (χ2n) is 6.01. The molecule has 0 aliphatic carbocycles. The Bertz CT molecular complexity index is 375. The van der Waals surface area contributed by atoms with Crippen molar-refractivity contribution in [3.63, 3.8) is 0 Å². The Morgan fingerprint density at radius 2 is 2.29 bits per heavy atom. The van der Waals surface area contributed by atoms with Crippen molar-refractivity contribution in [2.45, 2.75) is 38.6 Å². The molecule has 6 nitrogen and oxygen atoms in total. The molecule has 0 aromatic carbocycles. The highest BCUT2D eigenvalue weighted by molar-refractivity contribution is 5.90. The summed E-state index contributed by atoms with van der Waals surface area (Å²) in [6.45, 7) is 5.11. The van der Waals surface area contributed by atoms with Crippen LogP contribution in [0, 0.1) is 5.41 Å². The summed E-state index contributed by atoms with van der Waals surface area (Å²) in [6.07, 6.45) is 3.77. The summed E-state index contributed by atoms with van der Waals surface area (Å²) in [6, 6.07) is -0.494. The number of rotatable bonds is 4. The van der Waals surface area contributed by atoms with Gasteiger partial charge in [-0.15, -0.1) is 0 Å². The minimum absolute atomic E-state index is 0.119. The molecule has 0 saturated carbocycles. The van der Waals surface area contributed by atoms with E-state index in [4.69, 9.17) is 4.74 Å². The van der Waals surface area contributed by atoms with Gasteiger partial charge in [0.2, 0.25) is 11.8 Å². The summed E-state index contributed by atoms with van der Waals surface area (Å²) in [5, 5.41) is 6.00. The van der Waals surface area contributed by atoms with E-state index in [-0.39, 0.29) is 17.2 Å². The fraction of sp³-hybridized carbons (Fsp3) is 0.867. The molecule has 2 aliphatic rings. The summed E-state index contributed by atoms with van der Waals surface area (Å²) in [5.74, 6) is -0.0214. The lowest BCUT2D eigenvalue weighted by atomic mass is 9.75. The Labute approximate surface area is 126 Å². The number of ether oxygens (including phenoxy) is 1. The second kappa shape index (κ2) is 7.22. The molecule has 0 radical (unpaired) electrons. The molecule has 0 aromatic heterocycles. The third-order valence-electron chi connectivity index (χ3n) is 4.59. The van der Waals surface area contributed by atoms with Gasteiger partial charge in [0.05, 0.1) is 18.6 Å². The SMILES string of the molecule is CCCC1(C(=O)N2CCOCC2C(=O)NC)CCCNC1. The van der Waals surface area contributed by atoms with Gasteiger partial charge in [-0.25, -0.2) is 0 Å². The molecule has 21 heavy (non-hydrogen) atoms. The predicted molar refractivity (Wildman–Crippen MR) is 79.8 cm³/mol. The minimum atomic E-state index is -0.494. The molecule has 120 valence electrons. The van der Waals surface area contributed by atoms with Gasteiger partial charge >= 0.3 is 0 Å². The smallest absolute Gasteiger partial charge is 0.244 e. The maximum Gasteiger partial charge on any atom is 0.244 e. The highest BCUT2D eigenvalue weighted by atomic mass is 16.5. The normalized spacial score (nSPS) is 30.0. The van der Waals surface area contributed by atoms with Gasteiger partial charge in [-0.05, 0) is 25.8 Å². The lowest BCUT2D eigenvalue weighted by Gasteiger charge is -2.43. The van der Waals surface area contributed by atoms with Crippen LogP contribution in [0.15, 0.2) is 0 Å². The van der Waals surface area contributed by atoms with E-state index in [1.807, 2.05) is 0 Å². The van der Waals surface area contributed by atoms with E-state index in [9.17, 15) is 9.59 Å². The average molecular weight is 297 g/mol. The zero-order valence-electron chi connectivity index (χ0n) is 13.1. The van der Waals surface area contributed by atoms with Gasteiger partial charge in [-0.2, -0.15) is 0 Å². The van der Waals surface area contributed by atoms with E-state index in [1.54, 1.807) is 11.9 Å². The molecular weight excluding hydrogens is 270 g/mol. The number of nitrogens with zero attached hydrogens (tertiary/aromatic N) is 1. The van der Waals surface area contributed by atoms with Crippen molar-refractivity contribution in [2.75, 3.05) is 39.9 Å². The van der Waals surface area contributed by atoms with Crippen molar-refractivity contribution in [3.05, 3.63) is 0 Å². The molecule has 2 fully saturated rings. The highest BCUT2D eigenvalue weighted by Crippen LogP contribution is 2.34. The van der Waals surface area contributed by atoms with E-state index in [0.717, 1.165) is 38.8 Å². The number of likely N-dealkylation sites (N-methyl/N-ethyl adjacent to an activating group) is 1. The first kappa shape index (κ1) is 16.2.